The monoisotopic (exact) mass is 427 g/mol. The number of carbonyl (C=O) groups is 1. The van der Waals surface area contributed by atoms with Crippen molar-refractivity contribution in [1.29, 1.82) is 0 Å². The van der Waals surface area contributed by atoms with E-state index in [4.69, 9.17) is 37.4 Å². The van der Waals surface area contributed by atoms with Crippen LogP contribution in [0, 0.1) is 5.82 Å². The van der Waals surface area contributed by atoms with Gasteiger partial charge in [-0.1, -0.05) is 23.2 Å². The average Bonchev–Trinajstić information content (AvgIpc) is 3.18. The largest absolute Gasteiger partial charge is 0.497 e. The predicted molar refractivity (Wildman–Crippen MR) is 107 cm³/mol. The molecule has 0 spiro atoms. The van der Waals surface area contributed by atoms with Gasteiger partial charge in [-0.15, -0.1) is 0 Å². The molecule has 1 aliphatic carbocycles. The Morgan fingerprint density at radius 1 is 1.04 bits per heavy atom. The van der Waals surface area contributed by atoms with E-state index in [1.807, 2.05) is 0 Å². The van der Waals surface area contributed by atoms with Crippen LogP contribution in [-0.4, -0.2) is 26.2 Å². The van der Waals surface area contributed by atoms with Gasteiger partial charge < -0.3 is 19.5 Å². The first-order valence-corrected chi connectivity index (χ1v) is 9.57. The number of rotatable bonds is 6. The van der Waals surface area contributed by atoms with E-state index < -0.39 is 11.7 Å². The van der Waals surface area contributed by atoms with Gasteiger partial charge in [-0.2, -0.15) is 0 Å². The molecule has 2 aromatic rings. The third-order valence-corrected chi connectivity index (χ3v) is 5.18. The summed E-state index contributed by atoms with van der Waals surface area (Å²) in [6.07, 6.45) is 4.02. The number of methoxy groups -OCH3 is 2. The first-order valence-electron chi connectivity index (χ1n) is 8.81. The summed E-state index contributed by atoms with van der Waals surface area (Å²) in [5.74, 6) is -0.440. The molecule has 0 heterocycles. The van der Waals surface area contributed by atoms with Gasteiger partial charge in [0, 0.05) is 18.2 Å². The standard InChI is InChI=1S/C20H20Cl2FNO4/c1-26-12-7-14(21)19(15(22)8-12)24-20(25)13-9-18(17(27-2)10-16(13)23)28-11-5-3-4-6-11/h7-11H,3-6H2,1-2H3,(H,24,25). The SMILES string of the molecule is COc1cc(Cl)c(NC(=O)c2cc(OC3CCCC3)c(OC)cc2F)c(Cl)c1. The second-order valence-corrected chi connectivity index (χ2v) is 7.24. The number of nitrogens with one attached hydrogen (secondary N) is 1. The van der Waals surface area contributed by atoms with Crippen molar-refractivity contribution in [3.05, 3.63) is 45.7 Å². The molecule has 0 saturated heterocycles. The van der Waals surface area contributed by atoms with Gasteiger partial charge in [-0.05, 0) is 31.7 Å². The van der Waals surface area contributed by atoms with Crippen molar-refractivity contribution in [3.63, 3.8) is 0 Å². The highest BCUT2D eigenvalue weighted by Gasteiger charge is 2.23. The second kappa shape index (κ2) is 8.88. The first kappa shape index (κ1) is 20.6. The zero-order valence-corrected chi connectivity index (χ0v) is 17.0. The van der Waals surface area contributed by atoms with E-state index in [0.717, 1.165) is 31.7 Å². The van der Waals surface area contributed by atoms with Crippen LogP contribution in [0.2, 0.25) is 10.0 Å². The van der Waals surface area contributed by atoms with Gasteiger partial charge in [0.1, 0.15) is 11.6 Å². The maximum absolute atomic E-state index is 14.5. The lowest BCUT2D eigenvalue weighted by Crippen LogP contribution is -2.16. The van der Waals surface area contributed by atoms with Gasteiger partial charge in [0.25, 0.3) is 5.91 Å². The van der Waals surface area contributed by atoms with Crippen molar-refractivity contribution < 1.29 is 23.4 Å². The van der Waals surface area contributed by atoms with Gasteiger partial charge in [-0.3, -0.25) is 4.79 Å². The van der Waals surface area contributed by atoms with Crippen LogP contribution >= 0.6 is 23.2 Å². The fourth-order valence-corrected chi connectivity index (χ4v) is 3.68. The lowest BCUT2D eigenvalue weighted by Gasteiger charge is -2.17. The maximum atomic E-state index is 14.5. The highest BCUT2D eigenvalue weighted by molar-refractivity contribution is 6.40. The third kappa shape index (κ3) is 4.45. The highest BCUT2D eigenvalue weighted by Crippen LogP contribution is 2.37. The molecule has 1 N–H and O–H groups in total. The van der Waals surface area contributed by atoms with E-state index in [9.17, 15) is 9.18 Å². The van der Waals surface area contributed by atoms with Crippen molar-refractivity contribution in [2.45, 2.75) is 31.8 Å². The summed E-state index contributed by atoms with van der Waals surface area (Å²) in [7, 11) is 2.89. The predicted octanol–water partition coefficient (Wildman–Crippen LogP) is 5.72. The Morgan fingerprint density at radius 3 is 2.25 bits per heavy atom. The van der Waals surface area contributed by atoms with E-state index in [1.54, 1.807) is 0 Å². The Kier molecular flexibility index (Phi) is 6.52. The van der Waals surface area contributed by atoms with E-state index in [0.29, 0.717) is 11.5 Å². The quantitative estimate of drug-likeness (QED) is 0.639. The van der Waals surface area contributed by atoms with Gasteiger partial charge in [0.15, 0.2) is 11.5 Å². The lowest BCUT2D eigenvalue weighted by atomic mass is 10.1. The molecule has 0 atom stereocenters. The molecule has 28 heavy (non-hydrogen) atoms. The molecule has 1 saturated carbocycles. The van der Waals surface area contributed by atoms with Gasteiger partial charge in [0.2, 0.25) is 0 Å². The minimum absolute atomic E-state index is 0.0285. The van der Waals surface area contributed by atoms with Crippen molar-refractivity contribution >= 4 is 34.8 Å². The maximum Gasteiger partial charge on any atom is 0.258 e. The minimum Gasteiger partial charge on any atom is -0.497 e. The number of anilines is 1. The fraction of sp³-hybridized carbons (Fsp3) is 0.350. The molecule has 0 radical (unpaired) electrons. The zero-order valence-electron chi connectivity index (χ0n) is 15.5. The van der Waals surface area contributed by atoms with Gasteiger partial charge >= 0.3 is 0 Å². The molecule has 1 amide bonds. The molecule has 5 nitrogen and oxygen atoms in total. The number of hydrogen-bond donors (Lipinski definition) is 1. The summed E-state index contributed by atoms with van der Waals surface area (Å²) in [6, 6.07) is 5.48. The summed E-state index contributed by atoms with van der Waals surface area (Å²) in [5, 5.41) is 2.90. The summed E-state index contributed by atoms with van der Waals surface area (Å²) in [4.78, 5) is 12.7. The Hall–Kier alpha value is -2.18. The molecule has 2 aromatic carbocycles. The number of benzene rings is 2. The number of amides is 1. The molecule has 0 aromatic heterocycles. The van der Waals surface area contributed by atoms with Crippen LogP contribution in [0.4, 0.5) is 10.1 Å². The van der Waals surface area contributed by atoms with Crippen molar-refractivity contribution in [2.75, 3.05) is 19.5 Å². The number of ether oxygens (including phenoxy) is 3. The molecule has 150 valence electrons. The Morgan fingerprint density at radius 2 is 1.68 bits per heavy atom. The van der Waals surface area contributed by atoms with Gasteiger partial charge in [0.05, 0.1) is 41.6 Å². The topological polar surface area (TPSA) is 56.8 Å². The summed E-state index contributed by atoms with van der Waals surface area (Å²) >= 11 is 12.3. The van der Waals surface area contributed by atoms with Crippen molar-refractivity contribution in [1.82, 2.24) is 0 Å². The third-order valence-electron chi connectivity index (χ3n) is 4.58. The molecule has 3 rings (SSSR count). The van der Waals surface area contributed by atoms with E-state index >= 15 is 0 Å². The lowest BCUT2D eigenvalue weighted by molar-refractivity contribution is 0.102. The van der Waals surface area contributed by atoms with Crippen LogP contribution in [0.15, 0.2) is 24.3 Å². The molecular formula is C20H20Cl2FNO4. The Balaban J connectivity index is 1.89. The van der Waals surface area contributed by atoms with Crippen LogP contribution in [0.1, 0.15) is 36.0 Å². The van der Waals surface area contributed by atoms with Crippen LogP contribution in [0.3, 0.4) is 0 Å². The number of halogens is 3. The summed E-state index contributed by atoms with van der Waals surface area (Å²) in [6.45, 7) is 0. The second-order valence-electron chi connectivity index (χ2n) is 6.43. The minimum atomic E-state index is -0.742. The molecule has 0 unspecified atom stereocenters. The average molecular weight is 428 g/mol. The zero-order chi connectivity index (χ0) is 20.3. The highest BCUT2D eigenvalue weighted by atomic mass is 35.5. The molecule has 0 bridgehead atoms. The van der Waals surface area contributed by atoms with Gasteiger partial charge in [-0.25, -0.2) is 4.39 Å². The summed E-state index contributed by atoms with van der Waals surface area (Å²) in [5.41, 5.74) is -0.0284. The van der Waals surface area contributed by atoms with E-state index in [1.165, 1.54) is 32.4 Å². The number of hydrogen-bond acceptors (Lipinski definition) is 4. The first-order chi connectivity index (χ1) is 13.4. The smallest absolute Gasteiger partial charge is 0.258 e. The molecule has 0 aliphatic heterocycles. The van der Waals surface area contributed by atoms with Crippen molar-refractivity contribution in [2.24, 2.45) is 0 Å². The van der Waals surface area contributed by atoms with Crippen LogP contribution in [0.5, 0.6) is 17.2 Å². The molecular weight excluding hydrogens is 408 g/mol. The van der Waals surface area contributed by atoms with Crippen LogP contribution in [-0.2, 0) is 0 Å². The number of carbonyl (C=O) groups excluding carboxylic acids is 1. The Labute approximate surface area is 172 Å². The normalized spacial score (nSPS) is 14.0. The molecule has 1 aliphatic rings. The fourth-order valence-electron chi connectivity index (χ4n) is 3.11. The molecule has 8 heteroatoms. The van der Waals surface area contributed by atoms with E-state index in [-0.39, 0.29) is 33.1 Å². The molecule has 1 fully saturated rings. The van der Waals surface area contributed by atoms with Crippen molar-refractivity contribution in [3.8, 4) is 17.2 Å². The van der Waals surface area contributed by atoms with E-state index in [2.05, 4.69) is 5.32 Å². The Bertz CT molecular complexity index is 862. The summed E-state index contributed by atoms with van der Waals surface area (Å²) < 4.78 is 30.7. The van der Waals surface area contributed by atoms with Crippen LogP contribution < -0.4 is 19.5 Å². The van der Waals surface area contributed by atoms with Crippen LogP contribution in [0.25, 0.3) is 0 Å².